The maximum absolute atomic E-state index is 5.92. The summed E-state index contributed by atoms with van der Waals surface area (Å²) in [4.78, 5) is 0. The lowest BCUT2D eigenvalue weighted by atomic mass is 10.5. The molecule has 0 fully saturated rings. The predicted octanol–water partition coefficient (Wildman–Crippen LogP) is 2.39. The molecule has 1 radical (unpaired) electrons. The molecule has 0 aromatic carbocycles. The van der Waals surface area contributed by atoms with Gasteiger partial charge in [0.2, 0.25) is 0 Å². The van der Waals surface area contributed by atoms with Crippen LogP contribution in [0, 0.1) is 5.35 Å². The summed E-state index contributed by atoms with van der Waals surface area (Å²) in [6, 6.07) is 0. The Balaban J connectivity index is 4.73. The van der Waals surface area contributed by atoms with E-state index in [1.807, 2.05) is 0 Å². The first-order chi connectivity index (χ1) is 10.2. The van der Waals surface area contributed by atoms with Gasteiger partial charge < -0.3 is 22.4 Å². The van der Waals surface area contributed by atoms with Crippen molar-refractivity contribution in [1.29, 1.82) is 0 Å². The van der Waals surface area contributed by atoms with Crippen molar-refractivity contribution in [2.75, 3.05) is 33.5 Å². The van der Waals surface area contributed by atoms with Crippen molar-refractivity contribution >= 4 is 18.6 Å². The molecule has 21 heavy (non-hydrogen) atoms. The molecule has 0 atom stereocenters. The van der Waals surface area contributed by atoms with Crippen LogP contribution in [-0.4, -0.2) is 52.1 Å². The van der Waals surface area contributed by atoms with E-state index in [9.17, 15) is 0 Å². The molecular formula is C14H33O5Si2. The molecule has 127 valence electrons. The molecule has 0 N–H and O–H groups in total. The van der Waals surface area contributed by atoms with E-state index in [-0.39, 0.29) is 0 Å². The Hall–Kier alpha value is 0.234. The fourth-order valence-electron chi connectivity index (χ4n) is 1.63. The standard InChI is InChI=1S/C14H33O5Si2/c1-6-10-16-20(17-11-7-2)14(15-5)21(18-12-8-3)19-13-9-4/h20-21H,6-13H2,1-5H3. The highest BCUT2D eigenvalue weighted by Crippen LogP contribution is 2.17. The van der Waals surface area contributed by atoms with Crippen molar-refractivity contribution < 1.29 is 22.4 Å². The lowest BCUT2D eigenvalue weighted by Gasteiger charge is -2.28. The summed E-state index contributed by atoms with van der Waals surface area (Å²) < 4.78 is 29.3. The van der Waals surface area contributed by atoms with Crippen LogP contribution in [0.25, 0.3) is 0 Å². The zero-order valence-corrected chi connectivity index (χ0v) is 16.7. The van der Waals surface area contributed by atoms with Gasteiger partial charge in [-0.3, -0.25) is 0 Å². The second kappa shape index (κ2) is 15.1. The Labute approximate surface area is 133 Å². The molecule has 0 bridgehead atoms. The second-order valence-electron chi connectivity index (χ2n) is 4.75. The lowest BCUT2D eigenvalue weighted by Crippen LogP contribution is -2.46. The molecule has 0 unspecified atom stereocenters. The molecule has 0 heterocycles. The van der Waals surface area contributed by atoms with E-state index in [0.717, 1.165) is 31.0 Å². The molecule has 0 aliphatic rings. The number of hydrogen-bond donors (Lipinski definition) is 0. The summed E-state index contributed by atoms with van der Waals surface area (Å²) in [5, 5.41) is 0.832. The van der Waals surface area contributed by atoms with E-state index < -0.39 is 18.6 Å². The van der Waals surface area contributed by atoms with Crippen LogP contribution in [0.4, 0.5) is 0 Å². The topological polar surface area (TPSA) is 46.2 Å². The summed E-state index contributed by atoms with van der Waals surface area (Å²) in [6.07, 6.45) is 3.86. The van der Waals surface area contributed by atoms with Gasteiger partial charge in [-0.15, -0.1) is 0 Å². The quantitative estimate of drug-likeness (QED) is 0.429. The van der Waals surface area contributed by atoms with Crippen LogP contribution in [0.3, 0.4) is 0 Å². The average Bonchev–Trinajstić information content (AvgIpc) is 2.51. The number of ether oxygens (including phenoxy) is 1. The Kier molecular flexibility index (Phi) is 15.3. The fourth-order valence-corrected chi connectivity index (χ4v) is 6.70. The zero-order chi connectivity index (χ0) is 15.9. The third-order valence-corrected chi connectivity index (χ3v) is 7.78. The van der Waals surface area contributed by atoms with Crippen LogP contribution in [-0.2, 0) is 22.4 Å². The van der Waals surface area contributed by atoms with Gasteiger partial charge in [0, 0.05) is 33.5 Å². The lowest BCUT2D eigenvalue weighted by molar-refractivity contribution is 0.131. The van der Waals surface area contributed by atoms with Crippen molar-refractivity contribution in [3.8, 4) is 0 Å². The van der Waals surface area contributed by atoms with Crippen LogP contribution in [0.5, 0.6) is 0 Å². The molecule has 0 spiro atoms. The molecule has 7 heteroatoms. The van der Waals surface area contributed by atoms with E-state index in [2.05, 4.69) is 27.7 Å². The summed E-state index contributed by atoms with van der Waals surface area (Å²) in [7, 11) is -2.37. The predicted molar refractivity (Wildman–Crippen MR) is 89.5 cm³/mol. The smallest absolute Gasteiger partial charge is 0.359 e. The van der Waals surface area contributed by atoms with Gasteiger partial charge in [0.05, 0.1) is 0 Å². The Morgan fingerprint density at radius 1 is 0.619 bits per heavy atom. The molecule has 0 aromatic heterocycles. The maximum Gasteiger partial charge on any atom is 0.359 e. The van der Waals surface area contributed by atoms with Crippen molar-refractivity contribution in [2.45, 2.75) is 53.4 Å². The molecule has 0 rings (SSSR count). The molecule has 0 aliphatic carbocycles. The van der Waals surface area contributed by atoms with Gasteiger partial charge in [-0.05, 0) is 25.7 Å². The number of rotatable bonds is 15. The van der Waals surface area contributed by atoms with Gasteiger partial charge in [-0.2, -0.15) is 0 Å². The van der Waals surface area contributed by atoms with Gasteiger partial charge >= 0.3 is 18.6 Å². The summed E-state index contributed by atoms with van der Waals surface area (Å²) in [5.41, 5.74) is 0. The number of hydrogen-bond acceptors (Lipinski definition) is 5. The minimum absolute atomic E-state index is 0.691. The molecule has 0 saturated carbocycles. The first-order valence-corrected chi connectivity index (χ1v) is 11.2. The van der Waals surface area contributed by atoms with E-state index in [1.165, 1.54) is 0 Å². The monoisotopic (exact) mass is 337 g/mol. The minimum atomic E-state index is -2.02. The average molecular weight is 338 g/mol. The van der Waals surface area contributed by atoms with E-state index in [1.54, 1.807) is 7.11 Å². The van der Waals surface area contributed by atoms with Gasteiger partial charge in [-0.25, -0.2) is 0 Å². The molecule has 0 amide bonds. The molecule has 5 nitrogen and oxygen atoms in total. The largest absolute Gasteiger partial charge is 0.395 e. The Morgan fingerprint density at radius 2 is 0.905 bits per heavy atom. The SMILES string of the molecule is CCCO[SiH](OCCC)[C](OC)[SiH](OCCC)OCCC. The number of methoxy groups -OCH3 is 1. The highest BCUT2D eigenvalue weighted by Gasteiger charge is 2.39. The highest BCUT2D eigenvalue weighted by molar-refractivity contribution is 6.73. The highest BCUT2D eigenvalue weighted by atomic mass is 28.4. The molecule has 0 saturated heterocycles. The molecule has 0 aromatic rings. The third-order valence-electron chi connectivity index (χ3n) is 2.59. The Morgan fingerprint density at radius 3 is 1.10 bits per heavy atom. The summed E-state index contributed by atoms with van der Waals surface area (Å²) >= 11 is 0. The second-order valence-corrected chi connectivity index (χ2v) is 9.22. The van der Waals surface area contributed by atoms with Crippen molar-refractivity contribution in [3.63, 3.8) is 0 Å². The molecular weight excluding hydrogens is 304 g/mol. The van der Waals surface area contributed by atoms with Crippen LogP contribution in [0.2, 0.25) is 0 Å². The Bertz CT molecular complexity index is 186. The summed E-state index contributed by atoms with van der Waals surface area (Å²) in [5.74, 6) is 0. The first kappa shape index (κ1) is 21.2. The minimum Gasteiger partial charge on any atom is -0.395 e. The van der Waals surface area contributed by atoms with E-state index in [0.29, 0.717) is 26.4 Å². The van der Waals surface area contributed by atoms with E-state index >= 15 is 0 Å². The first-order valence-electron chi connectivity index (χ1n) is 8.12. The van der Waals surface area contributed by atoms with Crippen molar-refractivity contribution in [2.24, 2.45) is 0 Å². The van der Waals surface area contributed by atoms with Crippen molar-refractivity contribution in [1.82, 2.24) is 0 Å². The van der Waals surface area contributed by atoms with Crippen LogP contribution < -0.4 is 0 Å². The van der Waals surface area contributed by atoms with Gasteiger partial charge in [0.25, 0.3) is 0 Å². The molecule has 0 aliphatic heterocycles. The van der Waals surface area contributed by atoms with Crippen LogP contribution in [0.1, 0.15) is 53.4 Å². The maximum atomic E-state index is 5.92. The van der Waals surface area contributed by atoms with Gasteiger partial charge in [0.15, 0.2) is 5.35 Å². The van der Waals surface area contributed by atoms with Crippen LogP contribution >= 0.6 is 0 Å². The van der Waals surface area contributed by atoms with Crippen LogP contribution in [0.15, 0.2) is 0 Å². The van der Waals surface area contributed by atoms with Gasteiger partial charge in [-0.1, -0.05) is 27.7 Å². The third kappa shape index (κ3) is 9.77. The fraction of sp³-hybridized carbons (Fsp3) is 0.929. The van der Waals surface area contributed by atoms with Gasteiger partial charge in [0.1, 0.15) is 0 Å². The van der Waals surface area contributed by atoms with E-state index in [4.69, 9.17) is 22.4 Å². The van der Waals surface area contributed by atoms with Crippen molar-refractivity contribution in [3.05, 3.63) is 5.35 Å². The zero-order valence-electron chi connectivity index (χ0n) is 14.4. The summed E-state index contributed by atoms with van der Waals surface area (Å²) in [6.45, 7) is 11.1. The normalized spacial score (nSPS) is 12.0.